The molecule has 1 heterocycles. The summed E-state index contributed by atoms with van der Waals surface area (Å²) in [7, 11) is 1.87. The van der Waals surface area contributed by atoms with E-state index in [2.05, 4.69) is 0 Å². The summed E-state index contributed by atoms with van der Waals surface area (Å²) >= 11 is 0. The minimum atomic E-state index is -2.05. The first-order valence-electron chi connectivity index (χ1n) is 8.36. The minimum absolute atomic E-state index is 0.104. The van der Waals surface area contributed by atoms with E-state index in [0.717, 1.165) is 17.3 Å². The Kier molecular flexibility index (Phi) is 5.94. The fourth-order valence-corrected chi connectivity index (χ4v) is 3.11. The van der Waals surface area contributed by atoms with Crippen LogP contribution in [0.2, 0.25) is 0 Å². The van der Waals surface area contributed by atoms with E-state index in [-0.39, 0.29) is 6.42 Å². The van der Waals surface area contributed by atoms with Crippen molar-refractivity contribution in [2.75, 3.05) is 6.54 Å². The molecule has 7 nitrogen and oxygen atoms in total. The normalized spacial score (nSPS) is 15.0. The molecule has 0 aliphatic heterocycles. The number of benzene rings is 1. The molecule has 0 unspecified atom stereocenters. The predicted molar refractivity (Wildman–Crippen MR) is 97.1 cm³/mol. The number of carboxylic acid groups (broad SMARTS) is 1. The molecule has 0 aliphatic rings. The van der Waals surface area contributed by atoms with Gasteiger partial charge in [-0.1, -0.05) is 24.6 Å². The zero-order chi connectivity index (χ0) is 18.6. The molecular formula is C18H26N4O3. The molecular weight excluding hydrogens is 320 g/mol. The quantitative estimate of drug-likeness (QED) is 0.386. The van der Waals surface area contributed by atoms with Crippen molar-refractivity contribution in [2.45, 2.75) is 37.3 Å². The Morgan fingerprint density at radius 3 is 2.60 bits per heavy atom. The highest BCUT2D eigenvalue weighted by Crippen LogP contribution is 2.25. The summed E-state index contributed by atoms with van der Waals surface area (Å²) < 4.78 is 1.89. The number of nitrogens with two attached hydrogens (primary N) is 3. The van der Waals surface area contributed by atoms with Gasteiger partial charge in [-0.15, -0.1) is 0 Å². The van der Waals surface area contributed by atoms with Gasteiger partial charge in [0.05, 0.1) is 6.04 Å². The molecule has 136 valence electrons. The maximum absolute atomic E-state index is 12.7. The molecule has 0 spiro atoms. The SMILES string of the molecule is Cn1cc(C[C@@](N)(C(=O)O)C(=O)[C@@H](N)CCCCN)c2ccccc21. The number of Topliss-reactive ketones (excluding diaryl/α,β-unsaturated/α-hetero) is 1. The van der Waals surface area contributed by atoms with Crippen LogP contribution in [0.1, 0.15) is 24.8 Å². The molecule has 0 saturated heterocycles. The zero-order valence-corrected chi connectivity index (χ0v) is 14.4. The minimum Gasteiger partial charge on any atom is -0.480 e. The number of nitrogens with zero attached hydrogens (tertiary/aromatic N) is 1. The van der Waals surface area contributed by atoms with Crippen LogP contribution in [0.4, 0.5) is 0 Å². The molecule has 25 heavy (non-hydrogen) atoms. The average molecular weight is 346 g/mol. The second-order valence-corrected chi connectivity index (χ2v) is 6.49. The van der Waals surface area contributed by atoms with Crippen molar-refractivity contribution in [2.24, 2.45) is 24.2 Å². The molecule has 1 aromatic heterocycles. The highest BCUT2D eigenvalue weighted by molar-refractivity contribution is 6.10. The number of hydrogen-bond acceptors (Lipinski definition) is 5. The Labute approximate surface area is 146 Å². The third-order valence-corrected chi connectivity index (χ3v) is 4.58. The maximum Gasteiger partial charge on any atom is 0.331 e. The second kappa shape index (κ2) is 7.77. The fourth-order valence-electron chi connectivity index (χ4n) is 3.11. The molecule has 2 atom stereocenters. The molecule has 1 aromatic carbocycles. The van der Waals surface area contributed by atoms with Crippen LogP contribution in [0, 0.1) is 0 Å². The van der Waals surface area contributed by atoms with Gasteiger partial charge in [0, 0.05) is 30.6 Å². The van der Waals surface area contributed by atoms with E-state index in [1.807, 2.05) is 42.1 Å². The first-order chi connectivity index (χ1) is 11.8. The van der Waals surface area contributed by atoms with Gasteiger partial charge in [0.2, 0.25) is 0 Å². The summed E-state index contributed by atoms with van der Waals surface area (Å²) in [6.07, 6.45) is 3.47. The third kappa shape index (κ3) is 3.89. The number of hydrogen-bond donors (Lipinski definition) is 4. The van der Waals surface area contributed by atoms with Crippen molar-refractivity contribution < 1.29 is 14.7 Å². The van der Waals surface area contributed by atoms with Crippen molar-refractivity contribution in [3.63, 3.8) is 0 Å². The van der Waals surface area contributed by atoms with Gasteiger partial charge in [0.15, 0.2) is 11.3 Å². The summed E-state index contributed by atoms with van der Waals surface area (Å²) in [6, 6.07) is 6.67. The van der Waals surface area contributed by atoms with Gasteiger partial charge in [-0.3, -0.25) is 4.79 Å². The highest BCUT2D eigenvalue weighted by Gasteiger charge is 2.44. The summed E-state index contributed by atoms with van der Waals surface area (Å²) in [6.45, 7) is 0.504. The van der Waals surface area contributed by atoms with Crippen molar-refractivity contribution in [3.05, 3.63) is 36.0 Å². The molecule has 2 rings (SSSR count). The Balaban J connectivity index is 2.30. The number of aromatic nitrogens is 1. The fraction of sp³-hybridized carbons (Fsp3) is 0.444. The van der Waals surface area contributed by atoms with Gasteiger partial charge in [-0.2, -0.15) is 0 Å². The molecule has 0 bridgehead atoms. The van der Waals surface area contributed by atoms with Crippen LogP contribution in [0.25, 0.3) is 10.9 Å². The van der Waals surface area contributed by atoms with E-state index in [4.69, 9.17) is 17.2 Å². The molecule has 7 heteroatoms. The largest absolute Gasteiger partial charge is 0.480 e. The summed E-state index contributed by atoms with van der Waals surface area (Å²) in [5.74, 6) is -2.01. The number of para-hydroxylation sites is 1. The lowest BCUT2D eigenvalue weighted by molar-refractivity contribution is -0.148. The van der Waals surface area contributed by atoms with E-state index in [1.165, 1.54) is 0 Å². The standard InChI is InChI=1S/C18H26N4O3/c1-22-11-12(13-6-2-3-8-15(13)22)10-18(21,17(24)25)16(23)14(20)7-4-5-9-19/h2-3,6,8,11,14H,4-5,7,9-10,19-21H2,1H3,(H,24,25)/t14-,18-/m0/s1. The number of carbonyl (C=O) groups is 2. The first kappa shape index (κ1) is 19.1. The van der Waals surface area contributed by atoms with Gasteiger partial charge in [-0.05, 0) is 31.0 Å². The lowest BCUT2D eigenvalue weighted by atomic mass is 9.83. The summed E-state index contributed by atoms with van der Waals surface area (Å²) in [5, 5.41) is 10.5. The number of aliphatic carboxylic acids is 1. The van der Waals surface area contributed by atoms with E-state index < -0.39 is 23.3 Å². The van der Waals surface area contributed by atoms with E-state index in [1.54, 1.807) is 0 Å². The predicted octanol–water partition coefficient (Wildman–Crippen LogP) is 0.528. The van der Waals surface area contributed by atoms with Crippen LogP contribution in [0.5, 0.6) is 0 Å². The maximum atomic E-state index is 12.7. The number of unbranched alkanes of at least 4 members (excludes halogenated alkanes) is 1. The van der Waals surface area contributed by atoms with Crippen molar-refractivity contribution >= 4 is 22.7 Å². The molecule has 0 fully saturated rings. The van der Waals surface area contributed by atoms with Crippen molar-refractivity contribution in [1.29, 1.82) is 0 Å². The Hall–Kier alpha value is -2.22. The van der Waals surface area contributed by atoms with Gasteiger partial charge in [0.1, 0.15) is 0 Å². The number of ketones is 1. The molecule has 7 N–H and O–H groups in total. The Morgan fingerprint density at radius 2 is 1.96 bits per heavy atom. The topological polar surface area (TPSA) is 137 Å². The van der Waals surface area contributed by atoms with Gasteiger partial charge < -0.3 is 26.9 Å². The van der Waals surface area contributed by atoms with E-state index in [0.29, 0.717) is 24.9 Å². The number of aryl methyl sites for hydroxylation is 1. The smallest absolute Gasteiger partial charge is 0.331 e. The van der Waals surface area contributed by atoms with Crippen LogP contribution in [0.15, 0.2) is 30.5 Å². The number of carboxylic acids is 1. The highest BCUT2D eigenvalue weighted by atomic mass is 16.4. The zero-order valence-electron chi connectivity index (χ0n) is 14.4. The molecule has 0 amide bonds. The first-order valence-corrected chi connectivity index (χ1v) is 8.36. The van der Waals surface area contributed by atoms with Gasteiger partial charge in [0.25, 0.3) is 0 Å². The summed E-state index contributed by atoms with van der Waals surface area (Å²) in [5.41, 5.74) is 17.0. The Bertz CT molecular complexity index is 771. The molecule has 0 aliphatic carbocycles. The third-order valence-electron chi connectivity index (χ3n) is 4.58. The van der Waals surface area contributed by atoms with Crippen molar-refractivity contribution in [1.82, 2.24) is 4.57 Å². The van der Waals surface area contributed by atoms with Gasteiger partial charge in [-0.25, -0.2) is 4.79 Å². The number of carbonyl (C=O) groups excluding carboxylic acids is 1. The monoisotopic (exact) mass is 346 g/mol. The lowest BCUT2D eigenvalue weighted by Crippen LogP contribution is -2.61. The van der Waals surface area contributed by atoms with Crippen molar-refractivity contribution in [3.8, 4) is 0 Å². The van der Waals surface area contributed by atoms with E-state index in [9.17, 15) is 14.7 Å². The number of fused-ring (bicyclic) bond motifs is 1. The Morgan fingerprint density at radius 1 is 1.28 bits per heavy atom. The van der Waals surface area contributed by atoms with Crippen LogP contribution < -0.4 is 17.2 Å². The van der Waals surface area contributed by atoms with Crippen LogP contribution >= 0.6 is 0 Å². The van der Waals surface area contributed by atoms with Crippen LogP contribution in [-0.4, -0.2) is 39.6 Å². The van der Waals surface area contributed by atoms with Crippen LogP contribution in [0.3, 0.4) is 0 Å². The van der Waals surface area contributed by atoms with Crippen LogP contribution in [-0.2, 0) is 23.1 Å². The van der Waals surface area contributed by atoms with E-state index >= 15 is 0 Å². The number of rotatable bonds is 9. The summed E-state index contributed by atoms with van der Waals surface area (Å²) in [4.78, 5) is 24.5. The lowest BCUT2D eigenvalue weighted by Gasteiger charge is -2.26. The molecule has 2 aromatic rings. The van der Waals surface area contributed by atoms with Gasteiger partial charge >= 0.3 is 5.97 Å². The second-order valence-electron chi connectivity index (χ2n) is 6.49. The molecule has 0 radical (unpaired) electrons. The molecule has 0 saturated carbocycles. The average Bonchev–Trinajstić information content (AvgIpc) is 2.90.